The van der Waals surface area contributed by atoms with Gasteiger partial charge in [0.1, 0.15) is 6.33 Å². The van der Waals surface area contributed by atoms with Crippen molar-refractivity contribution < 1.29 is 22.0 Å². The van der Waals surface area contributed by atoms with Gasteiger partial charge in [-0.1, -0.05) is 6.07 Å². The lowest BCUT2D eigenvalue weighted by atomic mass is 10.1. The second-order valence-electron chi connectivity index (χ2n) is 6.53. The normalized spacial score (nSPS) is 17.2. The van der Waals surface area contributed by atoms with Gasteiger partial charge in [0.05, 0.1) is 11.0 Å². The van der Waals surface area contributed by atoms with Gasteiger partial charge in [0.2, 0.25) is 5.65 Å². The van der Waals surface area contributed by atoms with Gasteiger partial charge in [-0.15, -0.1) is 10.2 Å². The quantitative estimate of drug-likeness (QED) is 0.634. The number of hydrogen-bond donors (Lipinski definition) is 0. The molecule has 0 radical (unpaired) electrons. The van der Waals surface area contributed by atoms with Gasteiger partial charge in [0.25, 0.3) is 0 Å². The van der Waals surface area contributed by atoms with Crippen molar-refractivity contribution >= 4 is 22.5 Å². The number of benzene rings is 1. The third kappa shape index (κ3) is 2.85. The predicted octanol–water partition coefficient (Wildman–Crippen LogP) is 2.68. The molecule has 0 unspecified atom stereocenters. The van der Waals surface area contributed by atoms with Gasteiger partial charge in [0.15, 0.2) is 5.82 Å². The Labute approximate surface area is 150 Å². The minimum absolute atomic E-state index is 0.0919. The summed E-state index contributed by atoms with van der Waals surface area (Å²) in [6.07, 6.45) is -4.39. The van der Waals surface area contributed by atoms with E-state index in [2.05, 4.69) is 20.1 Å². The van der Waals surface area contributed by atoms with Crippen molar-refractivity contribution in [3.63, 3.8) is 0 Å². The summed E-state index contributed by atoms with van der Waals surface area (Å²) in [6, 6.07) is 2.72. The van der Waals surface area contributed by atoms with Gasteiger partial charge in [-0.3, -0.25) is 4.40 Å². The highest BCUT2D eigenvalue weighted by Crippen LogP contribution is 2.44. The summed E-state index contributed by atoms with van der Waals surface area (Å²) in [5, 5.41) is 7.78. The highest BCUT2D eigenvalue weighted by Gasteiger charge is 2.58. The van der Waals surface area contributed by atoms with Gasteiger partial charge < -0.3 is 9.80 Å². The molecule has 144 valence electrons. The smallest absolute Gasteiger partial charge is 0.351 e. The van der Waals surface area contributed by atoms with Crippen LogP contribution in [0.15, 0.2) is 24.5 Å². The molecule has 1 saturated heterocycles. The lowest BCUT2D eigenvalue weighted by molar-refractivity contribution is -0.289. The molecule has 11 heteroatoms. The molecule has 0 atom stereocenters. The molecule has 1 aliphatic heterocycles. The summed E-state index contributed by atoms with van der Waals surface area (Å²) in [4.78, 5) is 8.63. The second kappa shape index (κ2) is 5.98. The van der Waals surface area contributed by atoms with Crippen LogP contribution in [0.3, 0.4) is 0 Å². The topological polar surface area (TPSA) is 49.6 Å². The Balaban J connectivity index is 1.86. The minimum atomic E-state index is -5.68. The molecule has 1 aromatic carbocycles. The van der Waals surface area contributed by atoms with E-state index < -0.39 is 17.7 Å². The molecule has 0 amide bonds. The van der Waals surface area contributed by atoms with Gasteiger partial charge in [-0.05, 0) is 19.2 Å². The largest absolute Gasteiger partial charge is 0.458 e. The number of halogens is 5. The van der Waals surface area contributed by atoms with Gasteiger partial charge >= 0.3 is 12.1 Å². The van der Waals surface area contributed by atoms with Crippen LogP contribution in [-0.2, 0) is 5.92 Å². The highest BCUT2D eigenvalue weighted by molar-refractivity contribution is 5.83. The third-order valence-corrected chi connectivity index (χ3v) is 4.73. The van der Waals surface area contributed by atoms with Crippen LogP contribution in [0.25, 0.3) is 16.7 Å². The summed E-state index contributed by atoms with van der Waals surface area (Å²) < 4.78 is 67.0. The number of anilines is 1. The van der Waals surface area contributed by atoms with Crippen LogP contribution < -0.4 is 4.90 Å². The maximum Gasteiger partial charge on any atom is 0.458 e. The average Bonchev–Trinajstić information content (AvgIpc) is 3.10. The fourth-order valence-corrected chi connectivity index (χ4v) is 3.13. The first kappa shape index (κ1) is 17.8. The maximum absolute atomic E-state index is 13.7. The molecule has 3 heterocycles. The lowest BCUT2D eigenvalue weighted by Crippen LogP contribution is -2.45. The van der Waals surface area contributed by atoms with Gasteiger partial charge in [0, 0.05) is 31.7 Å². The summed E-state index contributed by atoms with van der Waals surface area (Å²) >= 11 is 0. The van der Waals surface area contributed by atoms with E-state index in [0.29, 0.717) is 24.6 Å². The Kier molecular flexibility index (Phi) is 3.95. The molecule has 6 nitrogen and oxygen atoms in total. The molecule has 4 rings (SSSR count). The molecule has 0 bridgehead atoms. The van der Waals surface area contributed by atoms with Crippen LogP contribution in [-0.4, -0.2) is 63.9 Å². The molecule has 0 N–H and O–H groups in total. The first-order valence-corrected chi connectivity index (χ1v) is 8.20. The number of rotatable bonds is 2. The number of alkyl halides is 5. The number of hydrogen-bond acceptors (Lipinski definition) is 5. The number of likely N-dealkylation sites (N-methyl/N-ethyl adjacent to an activating group) is 1. The summed E-state index contributed by atoms with van der Waals surface area (Å²) in [5.41, 5.74) is -0.446. The van der Waals surface area contributed by atoms with E-state index in [0.717, 1.165) is 25.2 Å². The Morgan fingerprint density at radius 3 is 2.37 bits per heavy atom. The van der Waals surface area contributed by atoms with E-state index in [1.807, 2.05) is 11.9 Å². The lowest BCUT2D eigenvalue weighted by Gasteiger charge is -2.33. The van der Waals surface area contributed by atoms with Crippen LogP contribution in [0.1, 0.15) is 5.56 Å². The van der Waals surface area contributed by atoms with Crippen molar-refractivity contribution in [2.45, 2.75) is 12.1 Å². The SMILES string of the molecule is CN1CCN(c2nc3ccc(C(F)(F)C(F)(F)F)cc3n3cnnc23)CC1. The zero-order valence-electron chi connectivity index (χ0n) is 14.2. The van der Waals surface area contributed by atoms with Crippen molar-refractivity contribution in [2.75, 3.05) is 38.1 Å². The Bertz CT molecular complexity index is 990. The van der Waals surface area contributed by atoms with E-state index in [4.69, 9.17) is 0 Å². The molecule has 0 saturated carbocycles. The molecule has 0 aliphatic carbocycles. The molecule has 1 fully saturated rings. The first-order chi connectivity index (χ1) is 12.7. The summed E-state index contributed by atoms with van der Waals surface area (Å²) in [7, 11) is 2.00. The molecule has 3 aromatic rings. The Hall–Kier alpha value is -2.56. The van der Waals surface area contributed by atoms with Crippen LogP contribution in [0.2, 0.25) is 0 Å². The van der Waals surface area contributed by atoms with Crippen molar-refractivity contribution in [1.29, 1.82) is 0 Å². The number of nitrogens with zero attached hydrogens (tertiary/aromatic N) is 6. The third-order valence-electron chi connectivity index (χ3n) is 4.73. The molecule has 2 aromatic heterocycles. The van der Waals surface area contributed by atoms with Crippen molar-refractivity contribution in [3.8, 4) is 0 Å². The van der Waals surface area contributed by atoms with E-state index >= 15 is 0 Å². The minimum Gasteiger partial charge on any atom is -0.351 e. The fraction of sp³-hybridized carbons (Fsp3) is 0.438. The number of aromatic nitrogens is 4. The van der Waals surface area contributed by atoms with Crippen LogP contribution in [0, 0.1) is 0 Å². The molecule has 27 heavy (non-hydrogen) atoms. The second-order valence-corrected chi connectivity index (χ2v) is 6.53. The standard InChI is InChI=1S/C16H15F5N6/c1-25-4-6-26(7-5-25)13-14-24-22-9-27(14)12-8-10(2-3-11(12)23-13)15(17,18)16(19,20)21/h2-3,8-9H,4-7H2,1H3. The summed E-state index contributed by atoms with van der Waals surface area (Å²) in [6.45, 7) is 3.02. The van der Waals surface area contributed by atoms with E-state index in [1.165, 1.54) is 16.8 Å². The fourth-order valence-electron chi connectivity index (χ4n) is 3.13. The summed E-state index contributed by atoms with van der Waals surface area (Å²) in [5.74, 6) is -4.43. The molecule has 0 spiro atoms. The first-order valence-electron chi connectivity index (χ1n) is 8.20. The predicted molar refractivity (Wildman–Crippen MR) is 87.9 cm³/mol. The maximum atomic E-state index is 13.7. The van der Waals surface area contributed by atoms with Crippen LogP contribution in [0.4, 0.5) is 27.8 Å². The molecular formula is C16H15F5N6. The zero-order chi connectivity index (χ0) is 19.4. The van der Waals surface area contributed by atoms with E-state index in [1.54, 1.807) is 0 Å². The average molecular weight is 386 g/mol. The monoisotopic (exact) mass is 386 g/mol. The van der Waals surface area contributed by atoms with Crippen molar-refractivity contribution in [1.82, 2.24) is 24.5 Å². The zero-order valence-corrected chi connectivity index (χ0v) is 14.2. The Morgan fingerprint density at radius 1 is 1.00 bits per heavy atom. The molecular weight excluding hydrogens is 371 g/mol. The van der Waals surface area contributed by atoms with Gasteiger partial charge in [-0.25, -0.2) is 4.98 Å². The highest BCUT2D eigenvalue weighted by atomic mass is 19.4. The van der Waals surface area contributed by atoms with E-state index in [9.17, 15) is 22.0 Å². The number of fused-ring (bicyclic) bond motifs is 3. The van der Waals surface area contributed by atoms with Crippen molar-refractivity contribution in [2.24, 2.45) is 0 Å². The van der Waals surface area contributed by atoms with Crippen LogP contribution >= 0.6 is 0 Å². The Morgan fingerprint density at radius 2 is 1.70 bits per heavy atom. The molecule has 1 aliphatic rings. The van der Waals surface area contributed by atoms with Crippen LogP contribution in [0.5, 0.6) is 0 Å². The van der Waals surface area contributed by atoms with Crippen molar-refractivity contribution in [3.05, 3.63) is 30.1 Å². The van der Waals surface area contributed by atoms with Gasteiger partial charge in [-0.2, -0.15) is 22.0 Å². The number of piperazine rings is 1. The van der Waals surface area contributed by atoms with E-state index in [-0.39, 0.29) is 11.0 Å².